The van der Waals surface area contributed by atoms with Crippen molar-refractivity contribution in [2.24, 2.45) is 0 Å². The Balaban J connectivity index is 1.49. The largest absolute Gasteiger partial charge is 0.478 e. The van der Waals surface area contributed by atoms with Crippen LogP contribution >= 0.6 is 0 Å². The highest BCUT2D eigenvalue weighted by Crippen LogP contribution is 2.31. The molecule has 3 aromatic rings. The number of carboxylic acid groups (broad SMARTS) is 1. The highest BCUT2D eigenvalue weighted by Gasteiger charge is 2.27. The lowest BCUT2D eigenvalue weighted by molar-refractivity contribution is -0.116. The molecule has 0 aromatic carbocycles. The predicted molar refractivity (Wildman–Crippen MR) is 122 cm³/mol. The normalized spacial score (nSPS) is 14.6. The number of nitrogens with one attached hydrogen (secondary N) is 1. The minimum atomic E-state index is -1.06. The molecule has 2 N–H and O–H groups in total. The zero-order valence-electron chi connectivity index (χ0n) is 18.4. The maximum atomic E-state index is 12.0. The van der Waals surface area contributed by atoms with Gasteiger partial charge >= 0.3 is 5.97 Å². The molecule has 0 aliphatic carbocycles. The number of aryl methyl sites for hydroxylation is 1. The molecule has 1 aliphatic rings. The predicted octanol–water partition coefficient (Wildman–Crippen LogP) is 3.80. The summed E-state index contributed by atoms with van der Waals surface area (Å²) < 4.78 is 2.19. The van der Waals surface area contributed by atoms with Crippen LogP contribution in [0.25, 0.3) is 11.2 Å². The zero-order valence-corrected chi connectivity index (χ0v) is 18.4. The van der Waals surface area contributed by atoms with Gasteiger partial charge in [0.25, 0.3) is 0 Å². The van der Waals surface area contributed by atoms with E-state index in [1.807, 2.05) is 30.9 Å². The van der Waals surface area contributed by atoms with E-state index in [1.54, 1.807) is 6.20 Å². The Bertz CT molecular complexity index is 1130. The number of rotatable bonds is 7. The molecule has 0 saturated carbocycles. The molecule has 0 bridgehead atoms. The highest BCUT2D eigenvalue weighted by atomic mass is 16.4. The van der Waals surface area contributed by atoms with Gasteiger partial charge in [-0.1, -0.05) is 13.3 Å². The van der Waals surface area contributed by atoms with Gasteiger partial charge in [-0.3, -0.25) is 4.79 Å². The number of imidazole rings is 1. The third kappa shape index (κ3) is 4.42. The van der Waals surface area contributed by atoms with E-state index in [1.165, 1.54) is 12.3 Å². The number of carbonyl (C=O) groups excluding carboxylic acids is 1. The lowest BCUT2D eigenvalue weighted by atomic mass is 10.0. The average molecular weight is 437 g/mol. The van der Waals surface area contributed by atoms with Crippen LogP contribution in [0.15, 0.2) is 30.6 Å². The monoisotopic (exact) mass is 436 g/mol. The van der Waals surface area contributed by atoms with Crippen molar-refractivity contribution in [1.29, 1.82) is 0 Å². The van der Waals surface area contributed by atoms with Crippen LogP contribution in [0.1, 0.15) is 61.3 Å². The number of hydrogen-bond acceptors (Lipinski definition) is 6. The number of piperidine rings is 1. The number of aromatic carboxylic acids is 1. The number of carbonyl (C=O) groups is 2. The van der Waals surface area contributed by atoms with Gasteiger partial charge in [0, 0.05) is 31.7 Å². The van der Waals surface area contributed by atoms with E-state index in [2.05, 4.69) is 24.8 Å². The molecule has 3 aromatic heterocycles. The molecule has 32 heavy (non-hydrogen) atoms. The Hall–Kier alpha value is -3.49. The number of amides is 1. The summed E-state index contributed by atoms with van der Waals surface area (Å²) in [7, 11) is 0. The minimum absolute atomic E-state index is 0.0997. The fourth-order valence-corrected chi connectivity index (χ4v) is 4.31. The van der Waals surface area contributed by atoms with Crippen molar-refractivity contribution in [3.8, 4) is 0 Å². The molecule has 1 saturated heterocycles. The molecule has 1 amide bonds. The van der Waals surface area contributed by atoms with Gasteiger partial charge in [0.15, 0.2) is 5.65 Å². The Labute approximate surface area is 186 Å². The number of anilines is 2. The van der Waals surface area contributed by atoms with E-state index in [4.69, 9.17) is 0 Å². The summed E-state index contributed by atoms with van der Waals surface area (Å²) in [5.41, 5.74) is 2.28. The van der Waals surface area contributed by atoms with Gasteiger partial charge in [-0.25, -0.2) is 19.7 Å². The van der Waals surface area contributed by atoms with Crippen LogP contribution in [0.4, 0.5) is 11.5 Å². The maximum absolute atomic E-state index is 12.0. The molecule has 0 radical (unpaired) electrons. The van der Waals surface area contributed by atoms with E-state index in [-0.39, 0.29) is 17.5 Å². The van der Waals surface area contributed by atoms with Gasteiger partial charge in [0.2, 0.25) is 5.91 Å². The number of pyridine rings is 2. The second-order valence-corrected chi connectivity index (χ2v) is 8.15. The van der Waals surface area contributed by atoms with E-state index >= 15 is 0 Å². The van der Waals surface area contributed by atoms with Gasteiger partial charge in [-0.2, -0.15) is 0 Å². The van der Waals surface area contributed by atoms with Gasteiger partial charge < -0.3 is 19.9 Å². The fourth-order valence-electron chi connectivity index (χ4n) is 4.31. The summed E-state index contributed by atoms with van der Waals surface area (Å²) in [6.45, 7) is 5.35. The zero-order chi connectivity index (χ0) is 22.7. The molecular weight excluding hydrogens is 408 g/mol. The first kappa shape index (κ1) is 21.7. The Morgan fingerprint density at radius 2 is 2.03 bits per heavy atom. The van der Waals surface area contributed by atoms with E-state index in [0.29, 0.717) is 31.0 Å². The number of unbranched alkanes of at least 4 members (excludes halogenated alkanes) is 1. The summed E-state index contributed by atoms with van der Waals surface area (Å²) in [6.07, 6.45) is 7.10. The van der Waals surface area contributed by atoms with Gasteiger partial charge in [0.05, 0.1) is 11.9 Å². The first-order valence-electron chi connectivity index (χ1n) is 11.1. The van der Waals surface area contributed by atoms with Crippen molar-refractivity contribution in [3.63, 3.8) is 0 Å². The first-order chi connectivity index (χ1) is 15.5. The smallest absolute Gasteiger partial charge is 0.339 e. The fraction of sp³-hybridized carbons (Fsp3) is 0.435. The summed E-state index contributed by atoms with van der Waals surface area (Å²) in [5, 5.41) is 12.5. The molecule has 1 fully saturated rings. The van der Waals surface area contributed by atoms with Gasteiger partial charge in [-0.15, -0.1) is 0 Å². The molecular formula is C23H28N6O3. The van der Waals surface area contributed by atoms with Crippen molar-refractivity contribution in [3.05, 3.63) is 42.0 Å². The highest BCUT2D eigenvalue weighted by molar-refractivity contribution is 5.97. The van der Waals surface area contributed by atoms with Crippen LogP contribution in [0.2, 0.25) is 0 Å². The van der Waals surface area contributed by atoms with E-state index in [0.717, 1.165) is 42.7 Å². The van der Waals surface area contributed by atoms with Crippen molar-refractivity contribution in [1.82, 2.24) is 19.5 Å². The Kier molecular flexibility index (Phi) is 6.34. The Morgan fingerprint density at radius 1 is 1.25 bits per heavy atom. The van der Waals surface area contributed by atoms with Crippen molar-refractivity contribution < 1.29 is 14.7 Å². The third-order valence-electron chi connectivity index (χ3n) is 5.89. The van der Waals surface area contributed by atoms with Crippen LogP contribution in [0, 0.1) is 6.92 Å². The molecule has 0 unspecified atom stereocenters. The molecule has 4 rings (SSSR count). The van der Waals surface area contributed by atoms with Crippen LogP contribution in [-0.2, 0) is 4.79 Å². The van der Waals surface area contributed by atoms with Crippen molar-refractivity contribution in [2.45, 2.75) is 52.0 Å². The number of carboxylic acids is 1. The van der Waals surface area contributed by atoms with E-state index in [9.17, 15) is 14.7 Å². The molecule has 9 nitrogen and oxygen atoms in total. The summed E-state index contributed by atoms with van der Waals surface area (Å²) >= 11 is 0. The summed E-state index contributed by atoms with van der Waals surface area (Å²) in [5.74, 6) is 0.188. The first-order valence-corrected chi connectivity index (χ1v) is 11.1. The quantitative estimate of drug-likeness (QED) is 0.579. The lowest BCUT2D eigenvalue weighted by Crippen LogP contribution is -2.36. The summed E-state index contributed by atoms with van der Waals surface area (Å²) in [6, 6.07) is 5.60. The molecule has 1 aliphatic heterocycles. The number of fused-ring (bicyclic) bond motifs is 1. The SMILES string of the molecule is CCCCC(=O)Nc1cnc(N2CCC(n3c(C)nc4cccnc43)CC2)c(C(=O)O)c1. The molecule has 9 heteroatoms. The van der Waals surface area contributed by atoms with Gasteiger partial charge in [0.1, 0.15) is 22.7 Å². The van der Waals surface area contributed by atoms with E-state index < -0.39 is 5.97 Å². The van der Waals surface area contributed by atoms with Crippen LogP contribution in [-0.4, -0.2) is 49.6 Å². The topological polar surface area (TPSA) is 113 Å². The lowest BCUT2D eigenvalue weighted by Gasteiger charge is -2.34. The average Bonchev–Trinajstić information content (AvgIpc) is 3.13. The standard InChI is InChI=1S/C23H28N6O3/c1-3-4-7-20(30)27-16-13-18(23(31)32)21(25-14-16)28-11-8-17(9-12-28)29-15(2)26-19-6-5-10-24-22(19)29/h5-6,10,13-14,17H,3-4,7-9,11-12H2,1-2H3,(H,27,30)(H,31,32). The van der Waals surface area contributed by atoms with Crippen LogP contribution in [0.5, 0.6) is 0 Å². The maximum Gasteiger partial charge on any atom is 0.339 e. The van der Waals surface area contributed by atoms with Crippen molar-refractivity contribution >= 4 is 34.5 Å². The van der Waals surface area contributed by atoms with Gasteiger partial charge in [-0.05, 0) is 44.4 Å². The minimum Gasteiger partial charge on any atom is -0.478 e. The molecule has 0 spiro atoms. The molecule has 0 atom stereocenters. The second-order valence-electron chi connectivity index (χ2n) is 8.15. The Morgan fingerprint density at radius 3 is 2.75 bits per heavy atom. The second kappa shape index (κ2) is 9.33. The molecule has 4 heterocycles. The van der Waals surface area contributed by atoms with Crippen LogP contribution in [0.3, 0.4) is 0 Å². The number of hydrogen-bond donors (Lipinski definition) is 2. The van der Waals surface area contributed by atoms with Crippen LogP contribution < -0.4 is 10.2 Å². The summed E-state index contributed by atoms with van der Waals surface area (Å²) in [4.78, 5) is 39.5. The third-order valence-corrected chi connectivity index (χ3v) is 5.89. The number of aromatic nitrogens is 4. The molecule has 168 valence electrons. The number of nitrogens with zero attached hydrogens (tertiary/aromatic N) is 5. The van der Waals surface area contributed by atoms with Crippen molar-refractivity contribution in [2.75, 3.05) is 23.3 Å².